The van der Waals surface area contributed by atoms with Crippen LogP contribution >= 0.6 is 11.8 Å². The topological polar surface area (TPSA) is 106 Å². The van der Waals surface area contributed by atoms with Gasteiger partial charge in [0, 0.05) is 48.7 Å². The maximum atomic E-state index is 12.7. The number of nitrogens with zero attached hydrogens (tertiary/aromatic N) is 5. The van der Waals surface area contributed by atoms with Crippen LogP contribution in [0, 0.1) is 5.92 Å². The van der Waals surface area contributed by atoms with Gasteiger partial charge in [-0.1, -0.05) is 18.2 Å². The van der Waals surface area contributed by atoms with Crippen molar-refractivity contribution in [1.82, 2.24) is 19.7 Å². The first-order valence-electron chi connectivity index (χ1n) is 10.7. The molecule has 166 valence electrons. The zero-order valence-corrected chi connectivity index (χ0v) is 18.6. The summed E-state index contributed by atoms with van der Waals surface area (Å²) in [6.45, 7) is 1.32. The molecule has 1 fully saturated rings. The van der Waals surface area contributed by atoms with E-state index in [1.54, 1.807) is 12.4 Å². The summed E-state index contributed by atoms with van der Waals surface area (Å²) < 4.78 is 1.81. The van der Waals surface area contributed by atoms with E-state index in [1.807, 2.05) is 59.4 Å². The van der Waals surface area contributed by atoms with Crippen molar-refractivity contribution in [2.24, 2.45) is 16.6 Å². The molecule has 0 unspecified atom stereocenters. The van der Waals surface area contributed by atoms with Crippen LogP contribution in [0.5, 0.6) is 0 Å². The van der Waals surface area contributed by atoms with E-state index in [9.17, 15) is 9.59 Å². The standard InChI is InChI=1S/C24H22N6O2S/c25-22(31)17-8-12-29(13-9-17)24-27-23(32)20(33-24)14-18-15-30(19-4-2-1-3-5-19)28-21(18)16-6-10-26-11-7-16/h1-7,10-11,14-15,17H,8-9,12-13H2,(H2,25,31)/b20-14+. The van der Waals surface area contributed by atoms with Crippen molar-refractivity contribution >= 4 is 34.8 Å². The van der Waals surface area contributed by atoms with Gasteiger partial charge in [0.15, 0.2) is 5.17 Å². The number of primary amides is 1. The molecule has 2 N–H and O–H groups in total. The fourth-order valence-corrected chi connectivity index (χ4v) is 4.93. The van der Waals surface area contributed by atoms with Crippen molar-refractivity contribution in [1.29, 1.82) is 0 Å². The number of benzene rings is 1. The predicted octanol–water partition coefficient (Wildman–Crippen LogP) is 3.10. The number of aromatic nitrogens is 3. The number of carbonyl (C=O) groups is 2. The third kappa shape index (κ3) is 4.45. The van der Waals surface area contributed by atoms with Crippen molar-refractivity contribution in [3.63, 3.8) is 0 Å². The van der Waals surface area contributed by atoms with Gasteiger partial charge in [0.25, 0.3) is 5.91 Å². The van der Waals surface area contributed by atoms with Gasteiger partial charge in [-0.05, 0) is 54.9 Å². The van der Waals surface area contributed by atoms with Crippen LogP contribution in [-0.2, 0) is 9.59 Å². The van der Waals surface area contributed by atoms with Crippen molar-refractivity contribution < 1.29 is 9.59 Å². The lowest BCUT2D eigenvalue weighted by molar-refractivity contribution is -0.123. The van der Waals surface area contributed by atoms with Gasteiger partial charge in [-0.25, -0.2) is 4.68 Å². The molecule has 0 saturated carbocycles. The summed E-state index contributed by atoms with van der Waals surface area (Å²) in [5.41, 5.74) is 8.86. The van der Waals surface area contributed by atoms with E-state index in [4.69, 9.17) is 10.8 Å². The molecule has 1 aromatic carbocycles. The first kappa shape index (κ1) is 21.1. The Morgan fingerprint density at radius 2 is 1.82 bits per heavy atom. The molecule has 2 amide bonds. The number of nitrogens with two attached hydrogens (primary N) is 1. The number of carbonyl (C=O) groups excluding carboxylic acids is 2. The molecule has 8 nitrogen and oxygen atoms in total. The molecule has 3 aromatic rings. The van der Waals surface area contributed by atoms with E-state index in [0.29, 0.717) is 36.0 Å². The summed E-state index contributed by atoms with van der Waals surface area (Å²) >= 11 is 1.36. The number of thioether (sulfide) groups is 1. The lowest BCUT2D eigenvalue weighted by Gasteiger charge is -2.31. The van der Waals surface area contributed by atoms with Crippen LogP contribution < -0.4 is 5.73 Å². The molecule has 0 aliphatic carbocycles. The number of para-hydroxylation sites is 1. The smallest absolute Gasteiger partial charge is 0.286 e. The quantitative estimate of drug-likeness (QED) is 0.602. The molecule has 2 aliphatic rings. The summed E-state index contributed by atoms with van der Waals surface area (Å²) in [6, 6.07) is 13.6. The van der Waals surface area contributed by atoms with Crippen LogP contribution in [0.25, 0.3) is 23.0 Å². The SMILES string of the molecule is NC(=O)C1CCN(C2=NC(=O)/C(=C\c3cn(-c4ccccc4)nc3-c3ccncc3)S2)CC1. The summed E-state index contributed by atoms with van der Waals surface area (Å²) in [5.74, 6) is -0.628. The Hall–Kier alpha value is -3.72. The highest BCUT2D eigenvalue weighted by molar-refractivity contribution is 8.18. The van der Waals surface area contributed by atoms with Crippen LogP contribution in [0.3, 0.4) is 0 Å². The molecular formula is C24H22N6O2S. The average molecular weight is 459 g/mol. The van der Waals surface area contributed by atoms with Crippen LogP contribution in [0.2, 0.25) is 0 Å². The summed E-state index contributed by atoms with van der Waals surface area (Å²) in [6.07, 6.45) is 8.57. The number of amidine groups is 1. The van der Waals surface area contributed by atoms with Crippen molar-refractivity contribution in [2.75, 3.05) is 13.1 Å². The maximum Gasteiger partial charge on any atom is 0.286 e. The largest absolute Gasteiger partial charge is 0.369 e. The molecule has 5 rings (SSSR count). The van der Waals surface area contributed by atoms with Gasteiger partial charge in [0.05, 0.1) is 10.6 Å². The molecule has 2 aliphatic heterocycles. The van der Waals surface area contributed by atoms with E-state index in [1.165, 1.54) is 11.8 Å². The second kappa shape index (κ2) is 9.03. The van der Waals surface area contributed by atoms with Crippen LogP contribution in [-0.4, -0.2) is 49.7 Å². The Labute approximate surface area is 195 Å². The molecular weight excluding hydrogens is 436 g/mol. The number of piperidine rings is 1. The molecule has 4 heterocycles. The zero-order chi connectivity index (χ0) is 22.8. The molecule has 2 aromatic heterocycles. The number of amides is 2. The van der Waals surface area contributed by atoms with E-state index in [0.717, 1.165) is 22.5 Å². The highest BCUT2D eigenvalue weighted by Gasteiger charge is 2.30. The average Bonchev–Trinajstić information content (AvgIpc) is 3.44. The minimum Gasteiger partial charge on any atom is -0.369 e. The zero-order valence-electron chi connectivity index (χ0n) is 17.8. The number of pyridine rings is 1. The summed E-state index contributed by atoms with van der Waals surface area (Å²) in [5, 5.41) is 5.46. The molecule has 33 heavy (non-hydrogen) atoms. The predicted molar refractivity (Wildman–Crippen MR) is 128 cm³/mol. The first-order valence-corrected chi connectivity index (χ1v) is 11.5. The van der Waals surface area contributed by atoms with E-state index >= 15 is 0 Å². The molecule has 9 heteroatoms. The molecule has 0 spiro atoms. The van der Waals surface area contributed by atoms with Crippen LogP contribution in [0.15, 0.2) is 71.0 Å². The Bertz CT molecular complexity index is 1240. The maximum absolute atomic E-state index is 12.7. The van der Waals surface area contributed by atoms with Crippen molar-refractivity contribution in [2.45, 2.75) is 12.8 Å². The first-order chi connectivity index (χ1) is 16.1. The van der Waals surface area contributed by atoms with Gasteiger partial charge in [-0.3, -0.25) is 14.6 Å². The third-order valence-electron chi connectivity index (χ3n) is 5.78. The van der Waals surface area contributed by atoms with Crippen molar-refractivity contribution in [3.05, 3.63) is 71.5 Å². The molecule has 0 radical (unpaired) electrons. The number of hydrogen-bond acceptors (Lipinski definition) is 6. The number of hydrogen-bond donors (Lipinski definition) is 1. The van der Waals surface area contributed by atoms with Crippen LogP contribution in [0.1, 0.15) is 18.4 Å². The van der Waals surface area contributed by atoms with Gasteiger partial charge in [-0.15, -0.1) is 0 Å². The van der Waals surface area contributed by atoms with Gasteiger partial charge >= 0.3 is 0 Å². The number of likely N-dealkylation sites (tertiary alicyclic amines) is 1. The number of aliphatic imine (C=N–C) groups is 1. The van der Waals surface area contributed by atoms with E-state index < -0.39 is 0 Å². The fraction of sp³-hybridized carbons (Fsp3) is 0.208. The summed E-state index contributed by atoms with van der Waals surface area (Å²) in [7, 11) is 0. The highest BCUT2D eigenvalue weighted by Crippen LogP contribution is 2.34. The Morgan fingerprint density at radius 1 is 1.09 bits per heavy atom. The lowest BCUT2D eigenvalue weighted by atomic mass is 9.97. The Balaban J connectivity index is 1.43. The molecule has 0 atom stereocenters. The van der Waals surface area contributed by atoms with Gasteiger partial charge in [0.1, 0.15) is 5.69 Å². The Morgan fingerprint density at radius 3 is 2.52 bits per heavy atom. The van der Waals surface area contributed by atoms with E-state index in [2.05, 4.69) is 14.9 Å². The lowest BCUT2D eigenvalue weighted by Crippen LogP contribution is -2.40. The third-order valence-corrected chi connectivity index (χ3v) is 6.83. The second-order valence-electron chi connectivity index (χ2n) is 7.92. The van der Waals surface area contributed by atoms with E-state index in [-0.39, 0.29) is 17.7 Å². The normalized spacial score (nSPS) is 18.1. The monoisotopic (exact) mass is 458 g/mol. The second-order valence-corrected chi connectivity index (χ2v) is 8.93. The minimum atomic E-state index is -0.264. The minimum absolute atomic E-state index is 0.106. The molecule has 0 bridgehead atoms. The fourth-order valence-electron chi connectivity index (χ4n) is 3.97. The van der Waals surface area contributed by atoms with Gasteiger partial charge in [-0.2, -0.15) is 10.1 Å². The highest BCUT2D eigenvalue weighted by atomic mass is 32.2. The van der Waals surface area contributed by atoms with Gasteiger partial charge in [0.2, 0.25) is 5.91 Å². The summed E-state index contributed by atoms with van der Waals surface area (Å²) in [4.78, 5) is 35.1. The Kier molecular flexibility index (Phi) is 5.78. The van der Waals surface area contributed by atoms with Crippen LogP contribution in [0.4, 0.5) is 0 Å². The number of rotatable bonds is 4. The van der Waals surface area contributed by atoms with Gasteiger partial charge < -0.3 is 10.6 Å². The molecule has 1 saturated heterocycles. The van der Waals surface area contributed by atoms with Crippen molar-refractivity contribution in [3.8, 4) is 16.9 Å².